The van der Waals surface area contributed by atoms with Crippen LogP contribution < -0.4 is 10.6 Å². The number of amides is 2. The molecule has 140 valence electrons. The Morgan fingerprint density at radius 2 is 1.81 bits per heavy atom. The first-order valence-electron chi connectivity index (χ1n) is 8.54. The Labute approximate surface area is 152 Å². The second kappa shape index (κ2) is 9.10. The van der Waals surface area contributed by atoms with E-state index < -0.39 is 0 Å². The molecule has 0 saturated heterocycles. The first-order valence-corrected chi connectivity index (χ1v) is 8.54. The number of halogens is 1. The third-order valence-corrected chi connectivity index (χ3v) is 3.73. The van der Waals surface area contributed by atoms with Crippen LogP contribution in [-0.2, 0) is 9.59 Å². The normalized spacial score (nSPS) is 10.8. The Morgan fingerprint density at radius 1 is 1.15 bits per heavy atom. The number of hydrogen-bond donors (Lipinski definition) is 2. The van der Waals surface area contributed by atoms with Gasteiger partial charge in [0, 0.05) is 12.6 Å². The van der Waals surface area contributed by atoms with Crippen molar-refractivity contribution in [1.82, 2.24) is 20.0 Å². The molecule has 2 aromatic rings. The molecule has 0 aliphatic heterocycles. The molecular formula is C18H24FN5O2. The molecule has 0 aliphatic rings. The molecule has 7 nitrogen and oxygen atoms in total. The van der Waals surface area contributed by atoms with Crippen molar-refractivity contribution in [2.75, 3.05) is 31.5 Å². The van der Waals surface area contributed by atoms with E-state index in [0.717, 1.165) is 5.69 Å². The molecule has 0 spiro atoms. The molecule has 0 fully saturated rings. The zero-order valence-electron chi connectivity index (χ0n) is 15.3. The van der Waals surface area contributed by atoms with Crippen molar-refractivity contribution in [3.8, 4) is 5.69 Å². The first kappa shape index (κ1) is 19.6. The summed E-state index contributed by atoms with van der Waals surface area (Å²) in [7, 11) is 0. The van der Waals surface area contributed by atoms with Crippen LogP contribution in [0.1, 0.15) is 19.5 Å². The molecule has 0 aliphatic carbocycles. The molecule has 2 N–H and O–H groups in total. The highest BCUT2D eigenvalue weighted by Crippen LogP contribution is 2.17. The monoisotopic (exact) mass is 361 g/mol. The molecule has 1 heterocycles. The quantitative estimate of drug-likeness (QED) is 0.750. The fraction of sp³-hybridized carbons (Fsp3) is 0.389. The number of rotatable bonds is 8. The summed E-state index contributed by atoms with van der Waals surface area (Å²) in [5, 5.41) is 9.86. The summed E-state index contributed by atoms with van der Waals surface area (Å²) in [5.41, 5.74) is 1.36. The number of carbonyl (C=O) groups is 2. The average Bonchev–Trinajstić information content (AvgIpc) is 2.95. The Balaban J connectivity index is 2.07. The van der Waals surface area contributed by atoms with Crippen LogP contribution in [-0.4, -0.2) is 52.7 Å². The standard InChI is InChI=1S/C18H24FN5O2/c1-4-20-17(25)11-23(5-2)12-18(26)21-16-10-13(3)22-24(16)15-8-6-14(19)7-9-15/h6-10H,4-5,11-12H2,1-3H3,(H,20,25)(H,21,26). The molecule has 0 bridgehead atoms. The van der Waals surface area contributed by atoms with Gasteiger partial charge in [0.2, 0.25) is 11.8 Å². The van der Waals surface area contributed by atoms with Gasteiger partial charge < -0.3 is 10.6 Å². The minimum atomic E-state index is -0.341. The average molecular weight is 361 g/mol. The van der Waals surface area contributed by atoms with Crippen molar-refractivity contribution in [3.63, 3.8) is 0 Å². The molecule has 1 aromatic carbocycles. The number of likely N-dealkylation sites (N-methyl/N-ethyl adjacent to an activating group) is 2. The van der Waals surface area contributed by atoms with Gasteiger partial charge in [-0.2, -0.15) is 5.10 Å². The van der Waals surface area contributed by atoms with E-state index in [-0.39, 0.29) is 30.7 Å². The summed E-state index contributed by atoms with van der Waals surface area (Å²) in [6.45, 7) is 6.91. The van der Waals surface area contributed by atoms with Gasteiger partial charge in [-0.05, 0) is 44.7 Å². The minimum absolute atomic E-state index is 0.0846. The van der Waals surface area contributed by atoms with Crippen LogP contribution in [0.15, 0.2) is 30.3 Å². The van der Waals surface area contributed by atoms with Crippen molar-refractivity contribution < 1.29 is 14.0 Å². The second-order valence-electron chi connectivity index (χ2n) is 5.86. The van der Waals surface area contributed by atoms with Gasteiger partial charge in [0.25, 0.3) is 0 Å². The van der Waals surface area contributed by atoms with Gasteiger partial charge in [0.1, 0.15) is 11.6 Å². The van der Waals surface area contributed by atoms with Crippen molar-refractivity contribution in [1.29, 1.82) is 0 Å². The highest BCUT2D eigenvalue weighted by Gasteiger charge is 2.15. The smallest absolute Gasteiger partial charge is 0.239 e. The Morgan fingerprint density at radius 3 is 2.42 bits per heavy atom. The highest BCUT2D eigenvalue weighted by molar-refractivity contribution is 5.92. The van der Waals surface area contributed by atoms with E-state index in [2.05, 4.69) is 15.7 Å². The lowest BCUT2D eigenvalue weighted by atomic mass is 10.3. The molecule has 2 amide bonds. The maximum atomic E-state index is 13.1. The number of aromatic nitrogens is 2. The number of nitrogens with zero attached hydrogens (tertiary/aromatic N) is 3. The summed E-state index contributed by atoms with van der Waals surface area (Å²) >= 11 is 0. The van der Waals surface area contributed by atoms with Gasteiger partial charge in [-0.1, -0.05) is 6.92 Å². The number of anilines is 1. The maximum absolute atomic E-state index is 13.1. The van der Waals surface area contributed by atoms with E-state index in [0.29, 0.717) is 24.6 Å². The zero-order valence-corrected chi connectivity index (χ0v) is 15.3. The highest BCUT2D eigenvalue weighted by atomic mass is 19.1. The van der Waals surface area contributed by atoms with Gasteiger partial charge in [0.15, 0.2) is 0 Å². The Bertz CT molecular complexity index is 757. The van der Waals surface area contributed by atoms with Crippen molar-refractivity contribution in [3.05, 3.63) is 41.8 Å². The molecule has 0 atom stereocenters. The molecule has 0 saturated carbocycles. The van der Waals surface area contributed by atoms with Crippen molar-refractivity contribution in [2.24, 2.45) is 0 Å². The van der Waals surface area contributed by atoms with Gasteiger partial charge in [0.05, 0.1) is 24.5 Å². The zero-order chi connectivity index (χ0) is 19.1. The Kier molecular flexibility index (Phi) is 6.85. The maximum Gasteiger partial charge on any atom is 0.239 e. The van der Waals surface area contributed by atoms with Crippen LogP contribution in [0.25, 0.3) is 5.69 Å². The lowest BCUT2D eigenvalue weighted by Gasteiger charge is -2.19. The molecule has 0 radical (unpaired) electrons. The molecule has 0 unspecified atom stereocenters. The molecule has 2 rings (SSSR count). The van der Waals surface area contributed by atoms with Gasteiger partial charge in [-0.3, -0.25) is 14.5 Å². The van der Waals surface area contributed by atoms with E-state index in [9.17, 15) is 14.0 Å². The summed E-state index contributed by atoms with van der Waals surface area (Å²) < 4.78 is 14.7. The summed E-state index contributed by atoms with van der Waals surface area (Å²) in [6, 6.07) is 7.59. The van der Waals surface area contributed by atoms with E-state index in [1.807, 2.05) is 20.8 Å². The van der Waals surface area contributed by atoms with Gasteiger partial charge in [-0.15, -0.1) is 0 Å². The molecular weight excluding hydrogens is 337 g/mol. The van der Waals surface area contributed by atoms with Crippen LogP contribution >= 0.6 is 0 Å². The summed E-state index contributed by atoms with van der Waals surface area (Å²) in [4.78, 5) is 25.8. The van der Waals surface area contributed by atoms with Crippen LogP contribution in [0.4, 0.5) is 10.2 Å². The number of carbonyl (C=O) groups excluding carboxylic acids is 2. The molecule has 1 aromatic heterocycles. The van der Waals surface area contributed by atoms with Crippen LogP contribution in [0.3, 0.4) is 0 Å². The third-order valence-electron chi connectivity index (χ3n) is 3.73. The van der Waals surface area contributed by atoms with Crippen molar-refractivity contribution >= 4 is 17.6 Å². The fourth-order valence-electron chi connectivity index (χ4n) is 2.49. The van der Waals surface area contributed by atoms with Gasteiger partial charge in [-0.25, -0.2) is 9.07 Å². The topological polar surface area (TPSA) is 79.3 Å². The summed E-state index contributed by atoms with van der Waals surface area (Å²) in [5.74, 6) is -0.214. The number of benzene rings is 1. The second-order valence-corrected chi connectivity index (χ2v) is 5.86. The SMILES string of the molecule is CCNC(=O)CN(CC)CC(=O)Nc1cc(C)nn1-c1ccc(F)cc1. The van der Waals surface area contributed by atoms with E-state index in [1.54, 1.807) is 27.8 Å². The van der Waals surface area contributed by atoms with Crippen molar-refractivity contribution in [2.45, 2.75) is 20.8 Å². The molecule has 26 heavy (non-hydrogen) atoms. The lowest BCUT2D eigenvalue weighted by molar-refractivity contribution is -0.123. The summed E-state index contributed by atoms with van der Waals surface area (Å²) in [6.07, 6.45) is 0. The van der Waals surface area contributed by atoms with E-state index in [4.69, 9.17) is 0 Å². The van der Waals surface area contributed by atoms with E-state index in [1.165, 1.54) is 12.1 Å². The van der Waals surface area contributed by atoms with Gasteiger partial charge >= 0.3 is 0 Å². The first-order chi connectivity index (χ1) is 12.4. The predicted molar refractivity (Wildman–Crippen MR) is 97.7 cm³/mol. The van der Waals surface area contributed by atoms with Crippen LogP contribution in [0.5, 0.6) is 0 Å². The number of aryl methyl sites for hydroxylation is 1. The minimum Gasteiger partial charge on any atom is -0.355 e. The van der Waals surface area contributed by atoms with Crippen LogP contribution in [0.2, 0.25) is 0 Å². The fourth-order valence-corrected chi connectivity index (χ4v) is 2.49. The Hall–Kier alpha value is -2.74. The lowest BCUT2D eigenvalue weighted by Crippen LogP contribution is -2.41. The van der Waals surface area contributed by atoms with Crippen LogP contribution in [0, 0.1) is 12.7 Å². The number of nitrogens with one attached hydrogen (secondary N) is 2. The third kappa shape index (κ3) is 5.38. The predicted octanol–water partition coefficient (Wildman–Crippen LogP) is 1.72. The number of hydrogen-bond acceptors (Lipinski definition) is 4. The molecule has 8 heteroatoms. The van der Waals surface area contributed by atoms with E-state index >= 15 is 0 Å². The largest absolute Gasteiger partial charge is 0.355 e.